The van der Waals surface area contributed by atoms with Gasteiger partial charge >= 0.3 is 0 Å². The van der Waals surface area contributed by atoms with Crippen molar-refractivity contribution in [3.63, 3.8) is 0 Å². The van der Waals surface area contributed by atoms with Crippen LogP contribution in [0.3, 0.4) is 0 Å². The molecule has 0 spiro atoms. The molecule has 0 bridgehead atoms. The van der Waals surface area contributed by atoms with Crippen molar-refractivity contribution in [3.05, 3.63) is 36.0 Å². The zero-order chi connectivity index (χ0) is 13.3. The molecule has 1 atom stereocenters. The van der Waals surface area contributed by atoms with E-state index in [4.69, 9.17) is 4.74 Å². The van der Waals surface area contributed by atoms with Gasteiger partial charge in [-0.05, 0) is 31.9 Å². The summed E-state index contributed by atoms with van der Waals surface area (Å²) >= 11 is 0. The minimum Gasteiger partial charge on any atom is -0.373 e. The second kappa shape index (κ2) is 4.70. The van der Waals surface area contributed by atoms with Crippen LogP contribution in [0.25, 0.3) is 10.9 Å². The van der Waals surface area contributed by atoms with Crippen LogP contribution in [0.2, 0.25) is 0 Å². The Morgan fingerprint density at radius 1 is 1.47 bits per heavy atom. The Balaban J connectivity index is 1.69. The van der Waals surface area contributed by atoms with Gasteiger partial charge in [-0.3, -0.25) is 4.79 Å². The average molecular weight is 258 g/mol. The minimum atomic E-state index is -0.207. The second-order valence-electron chi connectivity index (χ2n) is 5.35. The van der Waals surface area contributed by atoms with E-state index < -0.39 is 0 Å². The Hall–Kier alpha value is -1.81. The minimum absolute atomic E-state index is 0.0760. The summed E-state index contributed by atoms with van der Waals surface area (Å²) in [6.45, 7) is 3.39. The van der Waals surface area contributed by atoms with E-state index in [-0.39, 0.29) is 11.5 Å². The zero-order valence-corrected chi connectivity index (χ0v) is 11.0. The van der Waals surface area contributed by atoms with Crippen molar-refractivity contribution in [2.24, 2.45) is 0 Å². The van der Waals surface area contributed by atoms with E-state index in [0.717, 1.165) is 30.4 Å². The lowest BCUT2D eigenvalue weighted by Crippen LogP contribution is -2.40. The first kappa shape index (κ1) is 12.2. The summed E-state index contributed by atoms with van der Waals surface area (Å²) < 4.78 is 5.66. The first-order valence-corrected chi connectivity index (χ1v) is 6.66. The third-order valence-electron chi connectivity index (χ3n) is 3.70. The number of para-hydroxylation sites is 1. The number of aromatic nitrogens is 1. The third kappa shape index (κ3) is 2.49. The molecule has 3 rings (SSSR count). The van der Waals surface area contributed by atoms with E-state index >= 15 is 0 Å². The monoisotopic (exact) mass is 258 g/mol. The molecule has 1 aliphatic heterocycles. The summed E-state index contributed by atoms with van der Waals surface area (Å²) in [5.74, 6) is -0.0760. The van der Waals surface area contributed by atoms with Crippen LogP contribution in [0.15, 0.2) is 30.3 Å². The molecule has 100 valence electrons. The topological polar surface area (TPSA) is 54.1 Å². The van der Waals surface area contributed by atoms with Crippen molar-refractivity contribution in [3.8, 4) is 0 Å². The summed E-state index contributed by atoms with van der Waals surface area (Å²) in [7, 11) is 0. The van der Waals surface area contributed by atoms with Gasteiger partial charge in [0.15, 0.2) is 0 Å². The number of aromatic amines is 1. The van der Waals surface area contributed by atoms with Gasteiger partial charge in [-0.1, -0.05) is 18.2 Å². The number of H-pyrrole nitrogens is 1. The van der Waals surface area contributed by atoms with E-state index in [1.807, 2.05) is 37.3 Å². The molecule has 2 N–H and O–H groups in total. The third-order valence-corrected chi connectivity index (χ3v) is 3.70. The number of rotatable bonds is 3. The van der Waals surface area contributed by atoms with E-state index in [1.54, 1.807) is 0 Å². The number of hydrogen-bond donors (Lipinski definition) is 2. The van der Waals surface area contributed by atoms with Crippen molar-refractivity contribution in [2.45, 2.75) is 25.4 Å². The van der Waals surface area contributed by atoms with Crippen LogP contribution in [0.5, 0.6) is 0 Å². The molecule has 4 nitrogen and oxygen atoms in total. The summed E-state index contributed by atoms with van der Waals surface area (Å²) in [6.07, 6.45) is 2.07. The Labute approximate surface area is 112 Å². The number of carbonyl (C=O) groups excluding carboxylic acids is 1. The van der Waals surface area contributed by atoms with Crippen LogP contribution in [0, 0.1) is 0 Å². The molecule has 1 aromatic heterocycles. The maximum absolute atomic E-state index is 12.1. The first-order chi connectivity index (χ1) is 9.16. The van der Waals surface area contributed by atoms with Gasteiger partial charge in [-0.15, -0.1) is 0 Å². The molecule has 0 aliphatic carbocycles. The fourth-order valence-electron chi connectivity index (χ4n) is 2.53. The van der Waals surface area contributed by atoms with Crippen molar-refractivity contribution >= 4 is 16.8 Å². The highest BCUT2D eigenvalue weighted by molar-refractivity contribution is 5.97. The molecular weight excluding hydrogens is 240 g/mol. The lowest BCUT2D eigenvalue weighted by Gasteiger charge is -2.23. The van der Waals surface area contributed by atoms with E-state index in [9.17, 15) is 4.79 Å². The largest absolute Gasteiger partial charge is 0.373 e. The molecule has 1 saturated heterocycles. The average Bonchev–Trinajstić information content (AvgIpc) is 3.02. The number of fused-ring (bicyclic) bond motifs is 1. The van der Waals surface area contributed by atoms with Gasteiger partial charge in [0.05, 0.1) is 5.60 Å². The predicted molar refractivity (Wildman–Crippen MR) is 74.2 cm³/mol. The molecule has 2 aromatic rings. The Kier molecular flexibility index (Phi) is 3.03. The van der Waals surface area contributed by atoms with Crippen LogP contribution < -0.4 is 5.32 Å². The molecule has 1 amide bonds. The first-order valence-electron chi connectivity index (χ1n) is 6.66. The number of ether oxygens (including phenoxy) is 1. The molecule has 0 radical (unpaired) electrons. The van der Waals surface area contributed by atoms with Crippen LogP contribution in [0.4, 0.5) is 0 Å². The summed E-state index contributed by atoms with van der Waals surface area (Å²) in [6, 6.07) is 9.75. The smallest absolute Gasteiger partial charge is 0.267 e. The molecule has 1 aliphatic rings. The standard InChI is InChI=1S/C15H18N2O2/c1-15(7-4-8-19-15)10-16-14(18)13-9-11-5-2-3-6-12(11)17-13/h2-3,5-6,9,17H,4,7-8,10H2,1H3,(H,16,18). The maximum Gasteiger partial charge on any atom is 0.267 e. The Morgan fingerprint density at radius 3 is 3.05 bits per heavy atom. The molecule has 1 unspecified atom stereocenters. The highest BCUT2D eigenvalue weighted by Crippen LogP contribution is 2.24. The Morgan fingerprint density at radius 2 is 2.32 bits per heavy atom. The van der Waals surface area contributed by atoms with Crippen molar-refractivity contribution < 1.29 is 9.53 Å². The second-order valence-corrected chi connectivity index (χ2v) is 5.35. The molecule has 4 heteroatoms. The predicted octanol–water partition coefficient (Wildman–Crippen LogP) is 2.47. The fourth-order valence-corrected chi connectivity index (χ4v) is 2.53. The molecule has 0 saturated carbocycles. The number of amides is 1. The van der Waals surface area contributed by atoms with Gasteiger partial charge in [0.2, 0.25) is 0 Å². The van der Waals surface area contributed by atoms with Crippen LogP contribution in [-0.4, -0.2) is 29.6 Å². The SMILES string of the molecule is CC1(CNC(=O)c2cc3ccccc3[nH]2)CCCO1. The van der Waals surface area contributed by atoms with Gasteiger partial charge in [0.25, 0.3) is 5.91 Å². The Bertz CT molecular complexity index is 564. The zero-order valence-electron chi connectivity index (χ0n) is 11.0. The fraction of sp³-hybridized carbons (Fsp3) is 0.400. The van der Waals surface area contributed by atoms with E-state index in [0.29, 0.717) is 12.2 Å². The maximum atomic E-state index is 12.1. The number of benzene rings is 1. The molecule has 2 heterocycles. The molecule has 1 fully saturated rings. The summed E-state index contributed by atoms with van der Waals surface area (Å²) in [4.78, 5) is 15.2. The lowest BCUT2D eigenvalue weighted by atomic mass is 10.0. The lowest BCUT2D eigenvalue weighted by molar-refractivity contribution is 0.0205. The number of hydrogen-bond acceptors (Lipinski definition) is 2. The highest BCUT2D eigenvalue weighted by atomic mass is 16.5. The van der Waals surface area contributed by atoms with Gasteiger partial charge in [-0.2, -0.15) is 0 Å². The van der Waals surface area contributed by atoms with Gasteiger partial charge < -0.3 is 15.0 Å². The van der Waals surface area contributed by atoms with Crippen molar-refractivity contribution in [1.29, 1.82) is 0 Å². The normalized spacial score (nSPS) is 22.8. The van der Waals surface area contributed by atoms with Crippen LogP contribution in [0.1, 0.15) is 30.3 Å². The highest BCUT2D eigenvalue weighted by Gasteiger charge is 2.30. The van der Waals surface area contributed by atoms with Crippen LogP contribution >= 0.6 is 0 Å². The van der Waals surface area contributed by atoms with Gasteiger partial charge in [0, 0.05) is 24.1 Å². The number of carbonyl (C=O) groups is 1. The summed E-state index contributed by atoms with van der Waals surface area (Å²) in [5, 5.41) is 4.00. The molecule has 19 heavy (non-hydrogen) atoms. The van der Waals surface area contributed by atoms with Gasteiger partial charge in [0.1, 0.15) is 5.69 Å². The summed E-state index contributed by atoms with van der Waals surface area (Å²) in [5.41, 5.74) is 1.38. The van der Waals surface area contributed by atoms with Crippen LogP contribution in [-0.2, 0) is 4.74 Å². The molecule has 1 aromatic carbocycles. The number of nitrogens with one attached hydrogen (secondary N) is 2. The quantitative estimate of drug-likeness (QED) is 0.888. The van der Waals surface area contributed by atoms with Gasteiger partial charge in [-0.25, -0.2) is 0 Å². The van der Waals surface area contributed by atoms with E-state index in [2.05, 4.69) is 10.3 Å². The van der Waals surface area contributed by atoms with Crippen molar-refractivity contribution in [1.82, 2.24) is 10.3 Å². The van der Waals surface area contributed by atoms with E-state index in [1.165, 1.54) is 0 Å². The van der Waals surface area contributed by atoms with Crippen molar-refractivity contribution in [2.75, 3.05) is 13.2 Å². The molecular formula is C15H18N2O2.